The highest BCUT2D eigenvalue weighted by atomic mass is 32.2. The molecule has 0 aliphatic carbocycles. The van der Waals surface area contributed by atoms with Crippen LogP contribution in [0.4, 0.5) is 0 Å². The minimum atomic E-state index is -2.71. The van der Waals surface area contributed by atoms with Crippen LogP contribution in [-0.2, 0) is 16.4 Å². The number of rotatable bonds is 3. The van der Waals surface area contributed by atoms with Crippen molar-refractivity contribution in [1.29, 1.82) is 0 Å². The van der Waals surface area contributed by atoms with Crippen LogP contribution in [0.2, 0.25) is 0 Å². The van der Waals surface area contributed by atoms with Gasteiger partial charge in [0, 0.05) is 12.7 Å². The van der Waals surface area contributed by atoms with Crippen molar-refractivity contribution in [2.75, 3.05) is 11.5 Å². The Morgan fingerprint density at radius 1 is 1.44 bits per heavy atom. The van der Waals surface area contributed by atoms with Gasteiger partial charge in [-0.1, -0.05) is 0 Å². The zero-order valence-corrected chi connectivity index (χ0v) is 10.4. The molecule has 1 aliphatic heterocycles. The molecule has 0 atom stereocenters. The summed E-state index contributed by atoms with van der Waals surface area (Å²) in [5.41, 5.74) is 1.03. The first kappa shape index (κ1) is 11.6. The van der Waals surface area contributed by atoms with Crippen molar-refractivity contribution in [1.82, 2.24) is 9.55 Å². The molecule has 4 nitrogen and oxygen atoms in total. The molecule has 90 valence electrons. The van der Waals surface area contributed by atoms with Crippen molar-refractivity contribution in [3.63, 3.8) is 0 Å². The van der Waals surface area contributed by atoms with Gasteiger partial charge in [-0.05, 0) is 32.1 Å². The van der Waals surface area contributed by atoms with Crippen LogP contribution >= 0.6 is 0 Å². The van der Waals surface area contributed by atoms with Gasteiger partial charge in [0.05, 0.1) is 23.5 Å². The highest BCUT2D eigenvalue weighted by Gasteiger charge is 2.23. The van der Waals surface area contributed by atoms with Gasteiger partial charge in [-0.2, -0.15) is 0 Å². The summed E-state index contributed by atoms with van der Waals surface area (Å²) in [6.45, 7) is 2.93. The molecule has 0 bridgehead atoms. The fourth-order valence-electron chi connectivity index (χ4n) is 2.15. The molecular formula is C11H18N2O2S. The normalized spacial score (nSPS) is 21.1. The van der Waals surface area contributed by atoms with Crippen molar-refractivity contribution in [2.45, 2.75) is 32.7 Å². The third kappa shape index (κ3) is 3.07. The van der Waals surface area contributed by atoms with E-state index in [0.717, 1.165) is 31.5 Å². The van der Waals surface area contributed by atoms with Crippen molar-refractivity contribution >= 4 is 9.84 Å². The zero-order valence-electron chi connectivity index (χ0n) is 9.59. The third-order valence-electron chi connectivity index (χ3n) is 3.23. The summed E-state index contributed by atoms with van der Waals surface area (Å²) in [6, 6.07) is 0. The maximum absolute atomic E-state index is 11.3. The van der Waals surface area contributed by atoms with Crippen LogP contribution in [0.3, 0.4) is 0 Å². The van der Waals surface area contributed by atoms with Crippen molar-refractivity contribution < 1.29 is 8.42 Å². The Hall–Kier alpha value is -0.840. The van der Waals surface area contributed by atoms with Gasteiger partial charge in [0.2, 0.25) is 0 Å². The van der Waals surface area contributed by atoms with E-state index in [-0.39, 0.29) is 0 Å². The number of sulfone groups is 1. The van der Waals surface area contributed by atoms with E-state index in [0.29, 0.717) is 17.4 Å². The summed E-state index contributed by atoms with van der Waals surface area (Å²) >= 11 is 0. The van der Waals surface area contributed by atoms with Gasteiger partial charge in [0.25, 0.3) is 0 Å². The van der Waals surface area contributed by atoms with Crippen LogP contribution in [0.25, 0.3) is 0 Å². The van der Waals surface area contributed by atoms with E-state index in [1.807, 2.05) is 19.4 Å². The van der Waals surface area contributed by atoms with Crippen LogP contribution in [0.15, 0.2) is 12.5 Å². The van der Waals surface area contributed by atoms with E-state index >= 15 is 0 Å². The lowest BCUT2D eigenvalue weighted by Gasteiger charge is -2.21. The maximum Gasteiger partial charge on any atom is 0.150 e. The second-order valence-corrected chi connectivity index (χ2v) is 6.94. The Labute approximate surface area is 96.6 Å². The standard InChI is InChI=1S/C11H18N2O2S/c1-10-8-13(9-12-10)5-2-11-3-6-16(14,15)7-4-11/h8-9,11H,2-7H2,1H3. The smallest absolute Gasteiger partial charge is 0.150 e. The molecule has 16 heavy (non-hydrogen) atoms. The van der Waals surface area contributed by atoms with Crippen molar-refractivity contribution in [3.8, 4) is 0 Å². The predicted octanol–water partition coefficient (Wildman–Crippen LogP) is 1.41. The molecule has 0 spiro atoms. The Kier molecular flexibility index (Phi) is 3.33. The van der Waals surface area contributed by atoms with Crippen LogP contribution in [0.1, 0.15) is 25.0 Å². The molecule has 2 heterocycles. The topological polar surface area (TPSA) is 52.0 Å². The first-order valence-corrected chi connectivity index (χ1v) is 7.56. The summed E-state index contributed by atoms with van der Waals surface area (Å²) in [7, 11) is -2.71. The number of hydrogen-bond acceptors (Lipinski definition) is 3. The third-order valence-corrected chi connectivity index (χ3v) is 4.95. The molecule has 1 aromatic heterocycles. The molecule has 2 rings (SSSR count). The molecule has 0 aromatic carbocycles. The number of hydrogen-bond donors (Lipinski definition) is 0. The van der Waals surface area contributed by atoms with E-state index in [9.17, 15) is 8.42 Å². The number of imidazole rings is 1. The molecule has 1 aromatic rings. The summed E-state index contributed by atoms with van der Waals surface area (Å²) < 4.78 is 24.6. The Morgan fingerprint density at radius 2 is 2.12 bits per heavy atom. The predicted molar refractivity (Wildman–Crippen MR) is 63.0 cm³/mol. The highest BCUT2D eigenvalue weighted by Crippen LogP contribution is 2.22. The van der Waals surface area contributed by atoms with Crippen LogP contribution in [0, 0.1) is 12.8 Å². The van der Waals surface area contributed by atoms with Gasteiger partial charge >= 0.3 is 0 Å². The fourth-order valence-corrected chi connectivity index (χ4v) is 3.74. The Bertz CT molecular complexity index is 436. The van der Waals surface area contributed by atoms with Gasteiger partial charge in [0.15, 0.2) is 0 Å². The second kappa shape index (κ2) is 4.57. The SMILES string of the molecule is Cc1cn(CCC2CCS(=O)(=O)CC2)cn1. The zero-order chi connectivity index (χ0) is 11.6. The summed E-state index contributed by atoms with van der Waals surface area (Å²) in [4.78, 5) is 4.17. The van der Waals surface area contributed by atoms with Gasteiger partial charge < -0.3 is 4.57 Å². The van der Waals surface area contributed by atoms with Crippen LogP contribution < -0.4 is 0 Å². The number of nitrogens with zero attached hydrogens (tertiary/aromatic N) is 2. The lowest BCUT2D eigenvalue weighted by atomic mass is 9.99. The molecule has 1 aliphatic rings. The summed E-state index contributed by atoms with van der Waals surface area (Å²) in [5, 5.41) is 0. The molecule has 1 saturated heterocycles. The van der Waals surface area contributed by atoms with Gasteiger partial charge in [0.1, 0.15) is 9.84 Å². The monoisotopic (exact) mass is 242 g/mol. The Balaban J connectivity index is 1.80. The van der Waals surface area contributed by atoms with Crippen molar-refractivity contribution in [2.24, 2.45) is 5.92 Å². The van der Waals surface area contributed by atoms with E-state index in [2.05, 4.69) is 9.55 Å². The van der Waals surface area contributed by atoms with Gasteiger partial charge in [-0.3, -0.25) is 0 Å². The van der Waals surface area contributed by atoms with Gasteiger partial charge in [-0.15, -0.1) is 0 Å². The van der Waals surface area contributed by atoms with Crippen LogP contribution in [-0.4, -0.2) is 29.5 Å². The number of aromatic nitrogens is 2. The first-order chi connectivity index (χ1) is 7.55. The first-order valence-electron chi connectivity index (χ1n) is 5.74. The lowest BCUT2D eigenvalue weighted by molar-refractivity contribution is 0.407. The number of aryl methyl sites for hydroxylation is 2. The minimum Gasteiger partial charge on any atom is -0.337 e. The molecule has 1 fully saturated rings. The van der Waals surface area contributed by atoms with Crippen LogP contribution in [0.5, 0.6) is 0 Å². The second-order valence-electron chi connectivity index (χ2n) is 4.64. The molecule has 0 saturated carbocycles. The van der Waals surface area contributed by atoms with E-state index in [4.69, 9.17) is 0 Å². The molecule has 0 amide bonds. The fraction of sp³-hybridized carbons (Fsp3) is 0.727. The lowest BCUT2D eigenvalue weighted by Crippen LogP contribution is -2.24. The Morgan fingerprint density at radius 3 is 2.69 bits per heavy atom. The van der Waals surface area contributed by atoms with E-state index < -0.39 is 9.84 Å². The van der Waals surface area contributed by atoms with Crippen molar-refractivity contribution in [3.05, 3.63) is 18.2 Å². The average Bonchev–Trinajstić information content (AvgIpc) is 2.63. The minimum absolute atomic E-state index is 0.376. The maximum atomic E-state index is 11.3. The van der Waals surface area contributed by atoms with E-state index in [1.165, 1.54) is 0 Å². The summed E-state index contributed by atoms with van der Waals surface area (Å²) in [5.74, 6) is 1.31. The molecule has 0 N–H and O–H groups in total. The quantitative estimate of drug-likeness (QED) is 0.805. The highest BCUT2D eigenvalue weighted by molar-refractivity contribution is 7.91. The average molecular weight is 242 g/mol. The molecule has 0 unspecified atom stereocenters. The molecule has 0 radical (unpaired) electrons. The molecular weight excluding hydrogens is 224 g/mol. The summed E-state index contributed by atoms with van der Waals surface area (Å²) in [6.07, 6.45) is 6.59. The largest absolute Gasteiger partial charge is 0.337 e. The molecule has 5 heteroatoms. The van der Waals surface area contributed by atoms with Gasteiger partial charge in [-0.25, -0.2) is 13.4 Å². The van der Waals surface area contributed by atoms with E-state index in [1.54, 1.807) is 0 Å².